The van der Waals surface area contributed by atoms with E-state index in [1.807, 2.05) is 61.3 Å². The molecule has 1 saturated heterocycles. The van der Waals surface area contributed by atoms with Crippen molar-refractivity contribution in [2.75, 3.05) is 158 Å². The number of methoxy groups -OCH3 is 12. The Bertz CT molecular complexity index is 3080. The standard InChI is InChI=1S/C27H48N4O9.C15H25NO5.C12H23N3O4.C12H22O4.C12H22O3/c1-14-21(39-7)22(40-8)17(4)26(35,9-10-32)23(14)28-25(34)19-11-31(30-29-19)24-15(2)20(38-6)18(12-33)16(3)27(24,36)13-37-5;1-6-12(18)16-14-9(2)13(21-5)11(7-17)10(3)15(14,19)8-20-4;1-7-10(19-4)9(5-16)8(2)12(17,6-18-3)11(7)14-15-13;1-7-10(15-4)9(5-13)8(2)12(6-14-3)11(7)16-12;1-8-5-10(7-14-3)9(2)11(6-13)12(8)15-4/h11,14-18,20-24,32-33,35-36H,9-10,12-13H2,1-8H3,(H,28,34);1,9-11,13-14,17,19H,7-8H2,2-5H3,(H,16,18);7-11,16-17H,5-6H2,1-4H3;7-11,13H,5-6H2,1-4H3;5,8-9,11-13H,6-7H2,1-4H3. The van der Waals surface area contributed by atoms with Crippen molar-refractivity contribution in [2.24, 2.45) is 106 Å². The Kier molecular flexibility index (Phi) is 39.6. The third-order valence-corrected chi connectivity index (χ3v) is 26.8. The van der Waals surface area contributed by atoms with Gasteiger partial charge in [-0.1, -0.05) is 99.5 Å². The van der Waals surface area contributed by atoms with Gasteiger partial charge in [0, 0.05) is 201 Å². The molecule has 0 spiro atoms. The molecule has 6 fully saturated rings. The van der Waals surface area contributed by atoms with Crippen LogP contribution < -0.4 is 10.6 Å². The lowest BCUT2D eigenvalue weighted by molar-refractivity contribution is -0.204. The highest BCUT2D eigenvalue weighted by molar-refractivity contribution is 5.93. The van der Waals surface area contributed by atoms with E-state index in [0.29, 0.717) is 31.0 Å². The van der Waals surface area contributed by atoms with Crippen LogP contribution in [0, 0.1) is 113 Å². The summed E-state index contributed by atoms with van der Waals surface area (Å²) in [6.07, 6.45) is 7.40. The lowest BCUT2D eigenvalue weighted by Gasteiger charge is -2.53. The van der Waals surface area contributed by atoms with Gasteiger partial charge in [0.15, 0.2) is 5.69 Å². The molecule has 0 radical (unpaired) electrons. The molecule has 34 atom stereocenters. The van der Waals surface area contributed by atoms with E-state index in [9.17, 15) is 60.7 Å². The SMILES string of the molecule is C#CC(=O)NC1C(C)C(OC)C(CO)C(C)C1(O)COC.COCC1(O)C(C)C(CO)C(OC)C(C)C1N=[N+]=[N-].COCC1(O)C(C)C(CO)C(OC)C(C)C1n1cc(C(=O)NC2C(C)C(OC)C(OC)C(C)C2(O)CCO)nn1.COCC12OC1C(C)C(OC)C(CO)C2C.COCC1=CC(C)C(OC)C(CO)C1C. The Morgan fingerprint density at radius 1 is 0.532 bits per heavy atom. The van der Waals surface area contributed by atoms with Crippen LogP contribution in [0.5, 0.6) is 0 Å². The first-order valence-corrected chi connectivity index (χ1v) is 38.6. The van der Waals surface area contributed by atoms with Crippen molar-refractivity contribution in [1.82, 2.24) is 25.6 Å². The molecule has 2 amide bonds. The number of nitrogens with zero attached hydrogens (tertiary/aromatic N) is 6. The largest absolute Gasteiger partial charge is 0.396 e. The van der Waals surface area contributed by atoms with Gasteiger partial charge in [0.2, 0.25) is 0 Å². The van der Waals surface area contributed by atoms with Crippen LogP contribution >= 0.6 is 0 Å². The Morgan fingerprint density at radius 3 is 1.42 bits per heavy atom. The molecule has 33 heteroatoms. The van der Waals surface area contributed by atoms with Gasteiger partial charge in [-0.05, 0) is 52.5 Å². The van der Waals surface area contributed by atoms with E-state index in [1.165, 1.54) is 37.8 Å². The van der Waals surface area contributed by atoms with Crippen LogP contribution in [0.3, 0.4) is 0 Å². The number of rotatable bonds is 29. The maximum atomic E-state index is 13.5. The molecule has 6 aliphatic carbocycles. The second kappa shape index (κ2) is 44.4. The third kappa shape index (κ3) is 20.5. The smallest absolute Gasteiger partial charge is 0.295 e. The second-order valence-electron chi connectivity index (χ2n) is 32.1. The van der Waals surface area contributed by atoms with Crippen molar-refractivity contribution < 1.29 is 122 Å². The average Bonchev–Trinajstić information content (AvgIpc) is 1.53. The van der Waals surface area contributed by atoms with Crippen molar-refractivity contribution in [3.05, 3.63) is 34.0 Å². The van der Waals surface area contributed by atoms with Crippen molar-refractivity contribution in [1.29, 1.82) is 0 Å². The zero-order valence-electron chi connectivity index (χ0n) is 70.2. The van der Waals surface area contributed by atoms with Crippen molar-refractivity contribution in [3.8, 4) is 12.3 Å². The molecular formula is C78H140N8O25. The number of azide groups is 1. The number of fused-ring (bicyclic) bond motifs is 1. The van der Waals surface area contributed by atoms with E-state index in [-0.39, 0.29) is 185 Å². The predicted octanol–water partition coefficient (Wildman–Crippen LogP) is 2.13. The molecule has 642 valence electrons. The molecule has 1 aliphatic heterocycles. The molecule has 34 unspecified atom stereocenters. The number of carbonyl (C=O) groups is 2. The first-order chi connectivity index (χ1) is 52.5. The number of epoxide rings is 1. The van der Waals surface area contributed by atoms with E-state index in [2.05, 4.69) is 64.7 Å². The number of terminal acetylenes is 1. The molecule has 33 nitrogen and oxygen atoms in total. The van der Waals surface area contributed by atoms with Gasteiger partial charge in [-0.15, -0.1) is 11.5 Å². The number of aliphatic hydroxyl groups excluding tert-OH is 6. The van der Waals surface area contributed by atoms with Crippen LogP contribution in [0.2, 0.25) is 0 Å². The van der Waals surface area contributed by atoms with Crippen molar-refractivity contribution >= 4 is 11.8 Å². The number of hydrogen-bond acceptors (Lipinski definition) is 28. The Balaban J connectivity index is 0.000000312. The molecule has 2 heterocycles. The van der Waals surface area contributed by atoms with E-state index < -0.39 is 82.4 Å². The maximum absolute atomic E-state index is 13.5. The van der Waals surface area contributed by atoms with Crippen LogP contribution in [0.15, 0.2) is 23.0 Å². The fraction of sp³-hybridized carbons (Fsp3) is 0.897. The minimum Gasteiger partial charge on any atom is -0.396 e. The van der Waals surface area contributed by atoms with Crippen LogP contribution in [0.25, 0.3) is 10.4 Å². The molecular weight excluding hydrogens is 1450 g/mol. The maximum Gasteiger partial charge on any atom is 0.295 e. The quantitative estimate of drug-likeness (QED) is 0.0136. The Labute approximate surface area is 657 Å². The first-order valence-electron chi connectivity index (χ1n) is 38.6. The highest BCUT2D eigenvalue weighted by Crippen LogP contribution is 2.57. The van der Waals surface area contributed by atoms with E-state index in [1.54, 1.807) is 64.0 Å². The lowest BCUT2D eigenvalue weighted by atomic mass is 9.62. The molecule has 0 aromatic carbocycles. The second-order valence-corrected chi connectivity index (χ2v) is 32.1. The van der Waals surface area contributed by atoms with Gasteiger partial charge in [-0.2, -0.15) is 0 Å². The van der Waals surface area contributed by atoms with Gasteiger partial charge in [-0.25, -0.2) is 4.68 Å². The van der Waals surface area contributed by atoms with Crippen LogP contribution in [-0.4, -0.2) is 331 Å². The van der Waals surface area contributed by atoms with Crippen molar-refractivity contribution in [3.63, 3.8) is 0 Å². The minimum absolute atomic E-state index is 0.00750. The number of amides is 2. The summed E-state index contributed by atoms with van der Waals surface area (Å²) in [4.78, 5) is 27.9. The molecule has 1 aromatic rings. The molecule has 8 rings (SSSR count). The number of hydrogen-bond donors (Lipinski definition) is 12. The Hall–Kier alpha value is -4.23. The molecule has 5 saturated carbocycles. The summed E-state index contributed by atoms with van der Waals surface area (Å²) in [7, 11) is 19.1. The normalized spacial score (nSPS) is 42.3. The molecule has 0 bridgehead atoms. The third-order valence-electron chi connectivity index (χ3n) is 26.8. The van der Waals surface area contributed by atoms with Crippen molar-refractivity contribution in [2.45, 2.75) is 191 Å². The number of aromatic nitrogens is 3. The predicted molar refractivity (Wildman–Crippen MR) is 409 cm³/mol. The van der Waals surface area contributed by atoms with Gasteiger partial charge < -0.3 is 123 Å². The summed E-state index contributed by atoms with van der Waals surface area (Å²) in [5.74, 6) is -1.12. The number of aliphatic hydroxyl groups is 10. The fourth-order valence-corrected chi connectivity index (χ4v) is 20.4. The van der Waals surface area contributed by atoms with Gasteiger partial charge in [0.1, 0.15) is 16.8 Å². The van der Waals surface area contributed by atoms with E-state index in [0.717, 1.165) is 0 Å². The van der Waals surface area contributed by atoms with Gasteiger partial charge in [0.05, 0.1) is 123 Å². The highest BCUT2D eigenvalue weighted by Gasteiger charge is 2.69. The number of carbonyl (C=O) groups excluding carboxylic acids is 2. The van der Waals surface area contributed by atoms with Gasteiger partial charge in [-0.3, -0.25) is 9.59 Å². The monoisotopic (exact) mass is 1590 g/mol. The van der Waals surface area contributed by atoms with Crippen LogP contribution in [0.4, 0.5) is 0 Å². The summed E-state index contributed by atoms with van der Waals surface area (Å²) in [5, 5.41) is 121. The zero-order valence-corrected chi connectivity index (χ0v) is 70.2. The topological polar surface area (TPSA) is 463 Å². The molecule has 111 heavy (non-hydrogen) atoms. The zero-order chi connectivity index (χ0) is 84.2. The molecule has 1 aromatic heterocycles. The van der Waals surface area contributed by atoms with Crippen LogP contribution in [-0.2, 0) is 66.4 Å². The fourth-order valence-electron chi connectivity index (χ4n) is 20.4. The number of nitrogens with one attached hydrogen (secondary N) is 2. The average molecular weight is 1590 g/mol. The van der Waals surface area contributed by atoms with E-state index >= 15 is 0 Å². The summed E-state index contributed by atoms with van der Waals surface area (Å²) in [6, 6.07) is -2.74. The highest BCUT2D eigenvalue weighted by atomic mass is 16.6. The summed E-state index contributed by atoms with van der Waals surface area (Å²) in [5.41, 5.74) is 4.26. The lowest BCUT2D eigenvalue weighted by Crippen LogP contribution is -2.70. The van der Waals surface area contributed by atoms with Gasteiger partial charge >= 0.3 is 0 Å². The van der Waals surface area contributed by atoms with Crippen LogP contribution in [0.1, 0.15) is 106 Å². The summed E-state index contributed by atoms with van der Waals surface area (Å²) >= 11 is 0. The molecule has 7 aliphatic rings. The summed E-state index contributed by atoms with van der Waals surface area (Å²) in [6.45, 7) is 24.2. The first kappa shape index (κ1) is 99.1. The molecule has 12 N–H and O–H groups in total. The van der Waals surface area contributed by atoms with Gasteiger partial charge in [0.25, 0.3) is 11.8 Å². The Morgan fingerprint density at radius 2 is 0.964 bits per heavy atom. The summed E-state index contributed by atoms with van der Waals surface area (Å²) < 4.78 is 72.4. The number of ether oxygens (including phenoxy) is 13. The minimum atomic E-state index is -1.48. The van der Waals surface area contributed by atoms with E-state index in [4.69, 9.17) is 73.5 Å².